The second-order valence-corrected chi connectivity index (χ2v) is 5.73. The number of nitrogens with zero attached hydrogens (tertiary/aromatic N) is 1. The van der Waals surface area contributed by atoms with Crippen LogP contribution < -0.4 is 5.73 Å². The SMILES string of the molecule is CN(C(=O)C1CCCCCCC1N)C1CCOC1. The third kappa shape index (κ3) is 3.23. The van der Waals surface area contributed by atoms with Crippen LogP contribution in [0.4, 0.5) is 0 Å². The first kappa shape index (κ1) is 13.8. The molecule has 4 heteroatoms. The Hall–Kier alpha value is -0.610. The van der Waals surface area contributed by atoms with Crippen molar-refractivity contribution >= 4 is 5.91 Å². The molecule has 2 rings (SSSR count). The summed E-state index contributed by atoms with van der Waals surface area (Å²) in [7, 11) is 1.91. The van der Waals surface area contributed by atoms with Gasteiger partial charge in [-0.2, -0.15) is 0 Å². The molecule has 0 aromatic rings. The molecule has 0 spiro atoms. The molecule has 2 aliphatic rings. The van der Waals surface area contributed by atoms with Crippen LogP contribution in [0, 0.1) is 5.92 Å². The Balaban J connectivity index is 1.95. The van der Waals surface area contributed by atoms with Crippen molar-refractivity contribution in [1.82, 2.24) is 4.90 Å². The number of hydrogen-bond donors (Lipinski definition) is 1. The van der Waals surface area contributed by atoms with Gasteiger partial charge in [0.15, 0.2) is 0 Å². The molecular formula is C14H26N2O2. The summed E-state index contributed by atoms with van der Waals surface area (Å²) in [6.45, 7) is 1.46. The predicted octanol–water partition coefficient (Wildman–Crippen LogP) is 1.53. The molecule has 1 saturated heterocycles. The molecule has 0 aromatic carbocycles. The first-order valence-electron chi connectivity index (χ1n) is 7.30. The van der Waals surface area contributed by atoms with E-state index in [0.29, 0.717) is 6.61 Å². The van der Waals surface area contributed by atoms with E-state index < -0.39 is 0 Å². The van der Waals surface area contributed by atoms with Crippen molar-refractivity contribution in [3.05, 3.63) is 0 Å². The van der Waals surface area contributed by atoms with Crippen LogP contribution in [-0.2, 0) is 9.53 Å². The van der Waals surface area contributed by atoms with E-state index in [2.05, 4.69) is 0 Å². The Morgan fingerprint density at radius 2 is 1.89 bits per heavy atom. The number of carbonyl (C=O) groups is 1. The highest BCUT2D eigenvalue weighted by Crippen LogP contribution is 2.24. The van der Waals surface area contributed by atoms with Crippen molar-refractivity contribution in [3.63, 3.8) is 0 Å². The van der Waals surface area contributed by atoms with Gasteiger partial charge in [0.1, 0.15) is 0 Å². The minimum atomic E-state index is 0.0240. The molecule has 1 heterocycles. The number of ether oxygens (including phenoxy) is 1. The standard InChI is InChI=1S/C14H26N2O2/c1-16(11-8-9-18-10-11)14(17)12-6-4-2-3-5-7-13(12)15/h11-13H,2-10,15H2,1H3. The minimum Gasteiger partial charge on any atom is -0.379 e. The van der Waals surface area contributed by atoms with E-state index in [-0.39, 0.29) is 23.9 Å². The minimum absolute atomic E-state index is 0.0240. The molecule has 0 aromatic heterocycles. The number of amides is 1. The van der Waals surface area contributed by atoms with Gasteiger partial charge in [0.2, 0.25) is 5.91 Å². The van der Waals surface area contributed by atoms with Gasteiger partial charge in [-0.1, -0.05) is 25.7 Å². The number of carbonyl (C=O) groups excluding carboxylic acids is 1. The van der Waals surface area contributed by atoms with E-state index in [4.69, 9.17) is 10.5 Å². The molecule has 18 heavy (non-hydrogen) atoms. The fourth-order valence-corrected chi connectivity index (χ4v) is 3.09. The normalized spacial score (nSPS) is 33.8. The molecule has 2 N–H and O–H groups in total. The number of likely N-dealkylation sites (N-methyl/N-ethyl adjacent to an activating group) is 1. The van der Waals surface area contributed by atoms with E-state index in [1.54, 1.807) is 0 Å². The molecule has 1 aliphatic heterocycles. The molecule has 4 nitrogen and oxygen atoms in total. The fraction of sp³-hybridized carbons (Fsp3) is 0.929. The molecule has 104 valence electrons. The first-order valence-corrected chi connectivity index (χ1v) is 7.30. The molecule has 0 bridgehead atoms. The van der Waals surface area contributed by atoms with Crippen LogP contribution in [-0.4, -0.2) is 43.2 Å². The van der Waals surface area contributed by atoms with Gasteiger partial charge >= 0.3 is 0 Å². The third-order valence-corrected chi connectivity index (χ3v) is 4.44. The Morgan fingerprint density at radius 3 is 2.56 bits per heavy atom. The first-order chi connectivity index (χ1) is 8.70. The monoisotopic (exact) mass is 254 g/mol. The molecule has 3 unspecified atom stereocenters. The van der Waals surface area contributed by atoms with Crippen LogP contribution in [0.5, 0.6) is 0 Å². The molecule has 1 aliphatic carbocycles. The average Bonchev–Trinajstić information content (AvgIpc) is 2.86. The molecule has 3 atom stereocenters. The highest BCUT2D eigenvalue weighted by Gasteiger charge is 2.32. The summed E-state index contributed by atoms with van der Waals surface area (Å²) in [5, 5.41) is 0. The van der Waals surface area contributed by atoms with Crippen LogP contribution in [0.2, 0.25) is 0 Å². The highest BCUT2D eigenvalue weighted by atomic mass is 16.5. The van der Waals surface area contributed by atoms with E-state index in [1.807, 2.05) is 11.9 Å². The zero-order valence-corrected chi connectivity index (χ0v) is 11.4. The van der Waals surface area contributed by atoms with Gasteiger partial charge in [-0.3, -0.25) is 4.79 Å². The second-order valence-electron chi connectivity index (χ2n) is 5.73. The van der Waals surface area contributed by atoms with Gasteiger partial charge in [0, 0.05) is 19.7 Å². The molecule has 0 radical (unpaired) electrons. The van der Waals surface area contributed by atoms with Crippen LogP contribution in [0.25, 0.3) is 0 Å². The van der Waals surface area contributed by atoms with Crippen LogP contribution >= 0.6 is 0 Å². The fourth-order valence-electron chi connectivity index (χ4n) is 3.09. The Kier molecular flexibility index (Phi) is 5.01. The van der Waals surface area contributed by atoms with Gasteiger partial charge in [-0.15, -0.1) is 0 Å². The lowest BCUT2D eigenvalue weighted by Gasteiger charge is -2.32. The maximum Gasteiger partial charge on any atom is 0.227 e. The number of hydrogen-bond acceptors (Lipinski definition) is 3. The van der Waals surface area contributed by atoms with E-state index >= 15 is 0 Å². The summed E-state index contributed by atoms with van der Waals surface area (Å²) in [6.07, 6.45) is 7.72. The van der Waals surface area contributed by atoms with Gasteiger partial charge in [0.05, 0.1) is 18.6 Å². The van der Waals surface area contributed by atoms with Crippen molar-refractivity contribution in [2.75, 3.05) is 20.3 Å². The second kappa shape index (κ2) is 6.53. The Bertz CT molecular complexity index is 277. The summed E-state index contributed by atoms with van der Waals surface area (Å²) in [4.78, 5) is 14.4. The van der Waals surface area contributed by atoms with E-state index in [0.717, 1.165) is 32.3 Å². The average molecular weight is 254 g/mol. The lowest BCUT2D eigenvalue weighted by Crippen LogP contribution is -2.47. The summed E-state index contributed by atoms with van der Waals surface area (Å²) in [6, 6.07) is 0.303. The van der Waals surface area contributed by atoms with Crippen molar-refractivity contribution in [2.24, 2.45) is 11.7 Å². The van der Waals surface area contributed by atoms with E-state index in [1.165, 1.54) is 19.3 Å². The lowest BCUT2D eigenvalue weighted by molar-refractivity contribution is -0.137. The molecule has 1 saturated carbocycles. The van der Waals surface area contributed by atoms with Crippen LogP contribution in [0.3, 0.4) is 0 Å². The van der Waals surface area contributed by atoms with Crippen molar-refractivity contribution in [1.29, 1.82) is 0 Å². The number of nitrogens with two attached hydrogens (primary N) is 1. The summed E-state index contributed by atoms with van der Waals surface area (Å²) >= 11 is 0. The van der Waals surface area contributed by atoms with Gasteiger partial charge in [-0.25, -0.2) is 0 Å². The maximum absolute atomic E-state index is 12.6. The quantitative estimate of drug-likeness (QED) is 0.813. The Labute approximate surface area is 110 Å². The lowest BCUT2D eigenvalue weighted by atomic mass is 9.86. The van der Waals surface area contributed by atoms with Gasteiger partial charge < -0.3 is 15.4 Å². The highest BCUT2D eigenvalue weighted by molar-refractivity contribution is 5.79. The Morgan fingerprint density at radius 1 is 1.17 bits per heavy atom. The predicted molar refractivity (Wildman–Crippen MR) is 71.2 cm³/mol. The molecular weight excluding hydrogens is 228 g/mol. The van der Waals surface area contributed by atoms with Crippen LogP contribution in [0.15, 0.2) is 0 Å². The molecule has 2 fully saturated rings. The summed E-state index contributed by atoms with van der Waals surface area (Å²) < 4.78 is 5.36. The third-order valence-electron chi connectivity index (χ3n) is 4.44. The van der Waals surface area contributed by atoms with Crippen molar-refractivity contribution in [2.45, 2.75) is 57.0 Å². The van der Waals surface area contributed by atoms with Crippen molar-refractivity contribution < 1.29 is 9.53 Å². The number of rotatable bonds is 2. The summed E-state index contributed by atoms with van der Waals surface area (Å²) in [5.74, 6) is 0.260. The topological polar surface area (TPSA) is 55.6 Å². The van der Waals surface area contributed by atoms with Crippen LogP contribution in [0.1, 0.15) is 44.9 Å². The summed E-state index contributed by atoms with van der Waals surface area (Å²) in [5.41, 5.74) is 6.21. The van der Waals surface area contributed by atoms with Crippen molar-refractivity contribution in [3.8, 4) is 0 Å². The maximum atomic E-state index is 12.6. The van der Waals surface area contributed by atoms with E-state index in [9.17, 15) is 4.79 Å². The zero-order valence-electron chi connectivity index (χ0n) is 11.4. The largest absolute Gasteiger partial charge is 0.379 e. The zero-order chi connectivity index (χ0) is 13.0. The van der Waals surface area contributed by atoms with Gasteiger partial charge in [-0.05, 0) is 19.3 Å². The molecule has 1 amide bonds. The van der Waals surface area contributed by atoms with Gasteiger partial charge in [0.25, 0.3) is 0 Å². The smallest absolute Gasteiger partial charge is 0.227 e.